The van der Waals surface area contributed by atoms with Gasteiger partial charge in [0.05, 0.1) is 0 Å². The molecule has 0 bridgehead atoms. The van der Waals surface area contributed by atoms with E-state index in [1.165, 1.54) is 0 Å². The summed E-state index contributed by atoms with van der Waals surface area (Å²) in [6.45, 7) is 3.83. The van der Waals surface area contributed by atoms with Gasteiger partial charge in [0.1, 0.15) is 0 Å². The first-order valence-electron chi connectivity index (χ1n) is 1.90. The second kappa shape index (κ2) is 2.53. The lowest BCUT2D eigenvalue weighted by atomic mass is 10.3. The van der Waals surface area contributed by atoms with Crippen LogP contribution in [0.2, 0.25) is 0 Å². The third-order valence-electron chi connectivity index (χ3n) is 0.661. The molecule has 0 nitrogen and oxygen atoms in total. The smallest absolute Gasteiger partial charge is 0.00561 e. The monoisotopic (exact) mass is 80.1 g/mol. The second-order valence-corrected chi connectivity index (χ2v) is 1.12. The molecule has 0 aromatic carbocycles. The molecule has 0 heterocycles. The predicted molar refractivity (Wildman–Crippen MR) is 28.3 cm³/mol. The zero-order valence-electron chi connectivity index (χ0n) is 4.15. The topological polar surface area (TPSA) is 0 Å². The molecule has 0 fully saturated rings. The average molecular weight is 80.1 g/mol. The van der Waals surface area contributed by atoms with Gasteiger partial charge in [0.15, 0.2) is 0 Å². The van der Waals surface area contributed by atoms with E-state index in [0.29, 0.717) is 0 Å². The lowest BCUT2D eigenvalue weighted by Crippen LogP contribution is -1.58. The normalized spacial score (nSPS) is 10.5. The van der Waals surface area contributed by atoms with Crippen LogP contribution in [0.1, 0.15) is 13.8 Å². The van der Waals surface area contributed by atoms with Crippen LogP contribution in [0.25, 0.3) is 0 Å². The van der Waals surface area contributed by atoms with Crippen molar-refractivity contribution in [3.05, 3.63) is 11.6 Å². The van der Waals surface area contributed by atoms with Gasteiger partial charge in [-0.3, -0.25) is 0 Å². The van der Waals surface area contributed by atoms with Crippen molar-refractivity contribution in [2.24, 2.45) is 0 Å². The van der Waals surface area contributed by atoms with E-state index >= 15 is 0 Å². The lowest BCUT2D eigenvalue weighted by Gasteiger charge is -1.74. The van der Waals surface area contributed by atoms with Crippen molar-refractivity contribution >= 4 is 0 Å². The second-order valence-electron chi connectivity index (χ2n) is 1.12. The van der Waals surface area contributed by atoms with Gasteiger partial charge in [-0.25, -0.2) is 0 Å². The third-order valence-corrected chi connectivity index (χ3v) is 0.661. The maximum atomic E-state index is 4.96. The van der Waals surface area contributed by atoms with Crippen molar-refractivity contribution in [3.8, 4) is 12.3 Å². The molecular weight excluding hydrogens is 72.1 g/mol. The molecule has 0 saturated carbocycles. The van der Waals surface area contributed by atoms with Gasteiger partial charge in [-0.1, -0.05) is 12.0 Å². The molecule has 0 spiro atoms. The Hall–Kier alpha value is -0.700. The maximum absolute atomic E-state index is 4.96. The summed E-state index contributed by atoms with van der Waals surface area (Å²) in [5.74, 6) is 2.48. The van der Waals surface area contributed by atoms with E-state index in [9.17, 15) is 0 Å². The van der Waals surface area contributed by atoms with Gasteiger partial charge in [0.25, 0.3) is 0 Å². The van der Waals surface area contributed by atoms with Crippen LogP contribution < -0.4 is 0 Å². The van der Waals surface area contributed by atoms with E-state index in [1.807, 2.05) is 19.9 Å². The van der Waals surface area contributed by atoms with Crippen molar-refractivity contribution in [2.75, 3.05) is 0 Å². The van der Waals surface area contributed by atoms with Gasteiger partial charge in [0, 0.05) is 0 Å². The molecule has 0 saturated heterocycles. The molecule has 0 radical (unpaired) electrons. The highest BCUT2D eigenvalue weighted by Crippen LogP contribution is 1.83. The van der Waals surface area contributed by atoms with Gasteiger partial charge in [-0.15, -0.1) is 6.42 Å². The molecule has 0 amide bonds. The Morgan fingerprint density at radius 3 is 2.33 bits per heavy atom. The van der Waals surface area contributed by atoms with E-state index in [4.69, 9.17) is 6.42 Å². The van der Waals surface area contributed by atoms with Crippen molar-refractivity contribution in [1.82, 2.24) is 0 Å². The van der Waals surface area contributed by atoms with Crippen LogP contribution in [0.15, 0.2) is 11.6 Å². The van der Waals surface area contributed by atoms with Crippen molar-refractivity contribution in [2.45, 2.75) is 13.8 Å². The minimum absolute atomic E-state index is 0.995. The fourth-order valence-corrected chi connectivity index (χ4v) is 0.0833. The Labute approximate surface area is 38.9 Å². The van der Waals surface area contributed by atoms with E-state index < -0.39 is 0 Å². The highest BCUT2D eigenvalue weighted by Gasteiger charge is 1.66. The van der Waals surface area contributed by atoms with Gasteiger partial charge in [0.2, 0.25) is 0 Å². The quantitative estimate of drug-likeness (QED) is 0.387. The summed E-state index contributed by atoms with van der Waals surface area (Å²) in [6, 6.07) is 0. The average Bonchev–Trinajstić information content (AvgIpc) is 1.65. The summed E-state index contributed by atoms with van der Waals surface area (Å²) in [6.07, 6.45) is 6.87. The molecule has 0 atom stereocenters. The van der Waals surface area contributed by atoms with Gasteiger partial charge >= 0.3 is 0 Å². The van der Waals surface area contributed by atoms with Crippen LogP contribution in [-0.4, -0.2) is 0 Å². The van der Waals surface area contributed by atoms with Gasteiger partial charge in [-0.2, -0.15) is 0 Å². The number of hydrogen-bond acceptors (Lipinski definition) is 0. The summed E-state index contributed by atoms with van der Waals surface area (Å²) in [5, 5.41) is 0. The Balaban J connectivity index is 3.61. The summed E-state index contributed by atoms with van der Waals surface area (Å²) in [4.78, 5) is 0. The molecule has 6 heavy (non-hydrogen) atoms. The van der Waals surface area contributed by atoms with E-state index in [2.05, 4.69) is 5.92 Å². The first kappa shape index (κ1) is 5.30. The van der Waals surface area contributed by atoms with E-state index in [1.54, 1.807) is 0 Å². The largest absolute Gasteiger partial charge is 0.115 e. The first-order valence-corrected chi connectivity index (χ1v) is 1.90. The molecule has 0 aliphatic carbocycles. The molecule has 0 unspecified atom stereocenters. The molecule has 0 heteroatoms. The fraction of sp³-hybridized carbons (Fsp3) is 0.333. The number of hydrogen-bond donors (Lipinski definition) is 0. The zero-order valence-corrected chi connectivity index (χ0v) is 4.15. The molecule has 0 aliphatic rings. The Kier molecular flexibility index (Phi) is 2.24. The first-order chi connectivity index (χ1) is 2.81. The van der Waals surface area contributed by atoms with Crippen molar-refractivity contribution < 1.29 is 0 Å². The number of allylic oxidation sites excluding steroid dienone is 2. The minimum atomic E-state index is 0.995. The van der Waals surface area contributed by atoms with Gasteiger partial charge < -0.3 is 0 Å². The van der Waals surface area contributed by atoms with Crippen molar-refractivity contribution in [3.63, 3.8) is 0 Å². The van der Waals surface area contributed by atoms with Crippen LogP contribution in [0.3, 0.4) is 0 Å². The predicted octanol–water partition coefficient (Wildman–Crippen LogP) is 1.59. The van der Waals surface area contributed by atoms with Crippen LogP contribution in [0.4, 0.5) is 0 Å². The minimum Gasteiger partial charge on any atom is -0.115 e. The lowest BCUT2D eigenvalue weighted by molar-refractivity contribution is 1.52. The molecule has 0 aliphatic heterocycles. The SMILES string of the molecule is C#C/C(C)=C/C. The molecule has 0 rings (SSSR count). The zero-order chi connectivity index (χ0) is 4.99. The van der Waals surface area contributed by atoms with Gasteiger partial charge in [-0.05, 0) is 19.4 Å². The highest BCUT2D eigenvalue weighted by molar-refractivity contribution is 5.21. The highest BCUT2D eigenvalue weighted by atomic mass is 13.7. The van der Waals surface area contributed by atoms with Crippen LogP contribution in [0.5, 0.6) is 0 Å². The van der Waals surface area contributed by atoms with Crippen LogP contribution in [-0.2, 0) is 0 Å². The fourth-order valence-electron chi connectivity index (χ4n) is 0.0833. The van der Waals surface area contributed by atoms with E-state index in [0.717, 1.165) is 5.57 Å². The third kappa shape index (κ3) is 1.60. The maximum Gasteiger partial charge on any atom is -0.00561 e. The summed E-state index contributed by atoms with van der Waals surface area (Å²) in [5.41, 5.74) is 0.995. The summed E-state index contributed by atoms with van der Waals surface area (Å²) < 4.78 is 0. The number of rotatable bonds is 0. The number of terminal acetylenes is 1. The Morgan fingerprint density at radius 1 is 1.83 bits per heavy atom. The summed E-state index contributed by atoms with van der Waals surface area (Å²) >= 11 is 0. The van der Waals surface area contributed by atoms with Crippen LogP contribution >= 0.6 is 0 Å². The van der Waals surface area contributed by atoms with Crippen molar-refractivity contribution in [1.29, 1.82) is 0 Å². The molecule has 0 aromatic heterocycles. The molecule has 0 aromatic rings. The molecular formula is C6H8. The standard InChI is InChI=1S/C6H8/c1-4-6(3)5-2/h1,5H,2-3H3/b6-5+. The Morgan fingerprint density at radius 2 is 2.33 bits per heavy atom. The molecule has 0 N–H and O–H groups in total. The van der Waals surface area contributed by atoms with E-state index in [-0.39, 0.29) is 0 Å². The van der Waals surface area contributed by atoms with Crippen LogP contribution in [0, 0.1) is 12.3 Å². The Bertz CT molecular complexity index is 91.1. The molecule has 32 valence electrons. The summed E-state index contributed by atoms with van der Waals surface area (Å²) in [7, 11) is 0.